The highest BCUT2D eigenvalue weighted by Crippen LogP contribution is 2.46. The Morgan fingerprint density at radius 3 is 1.51 bits per heavy atom. The fraction of sp³-hybridized carbons (Fsp3) is 0. The summed E-state index contributed by atoms with van der Waals surface area (Å²) in [6.07, 6.45) is 0. The van der Waals surface area contributed by atoms with Crippen LogP contribution in [0.4, 0.5) is 17.1 Å². The van der Waals surface area contributed by atoms with Gasteiger partial charge in [0.25, 0.3) is 0 Å². The summed E-state index contributed by atoms with van der Waals surface area (Å²) in [6, 6.07) is 90.5. The van der Waals surface area contributed by atoms with Gasteiger partial charge in [-0.2, -0.15) is 0 Å². The maximum Gasteiger partial charge on any atom is 0.0540 e. The van der Waals surface area contributed by atoms with Crippen LogP contribution in [0.1, 0.15) is 0 Å². The molecule has 0 radical (unpaired) electrons. The Kier molecular flexibility index (Phi) is 9.26. The fourth-order valence-electron chi connectivity index (χ4n) is 9.05. The second-order valence-electron chi connectivity index (χ2n) is 15.7. The summed E-state index contributed by atoms with van der Waals surface area (Å²) in [7, 11) is 0. The highest BCUT2D eigenvalue weighted by molar-refractivity contribution is 6.08. The van der Waals surface area contributed by atoms with Crippen LogP contribution in [0.5, 0.6) is 0 Å². The monoisotopic (exact) mass is 775 g/mol. The molecule has 0 spiro atoms. The Hall–Kier alpha value is -8.00. The second-order valence-corrected chi connectivity index (χ2v) is 15.7. The van der Waals surface area contributed by atoms with E-state index in [1.807, 2.05) is 0 Å². The molecule has 0 aliphatic heterocycles. The first-order valence-electron chi connectivity index (χ1n) is 21.0. The molecule has 0 aliphatic rings. The van der Waals surface area contributed by atoms with Gasteiger partial charge in [-0.3, -0.25) is 0 Å². The predicted molar refractivity (Wildman–Crippen MR) is 261 cm³/mol. The third kappa shape index (κ3) is 6.83. The molecule has 11 aromatic rings. The standard InChI is InChI=1S/C60H41N/c1-2-16-44(17-3-1)54-23-8-9-24-56(54)57-25-10-11-26-58(57)59-27-12-13-28-60(59)61(52-21-14-20-47(41-52)49-31-29-42-15-4-5-19-46(42)39-49)51-36-33-43(34-37-51)48-35-38-55-50(40-48)32-30-45-18-6-7-22-53(45)55/h1-41H. The molecular weight excluding hydrogens is 735 g/mol. The summed E-state index contributed by atoms with van der Waals surface area (Å²) in [6.45, 7) is 0. The van der Waals surface area contributed by atoms with Crippen molar-refractivity contribution < 1.29 is 0 Å². The van der Waals surface area contributed by atoms with E-state index in [-0.39, 0.29) is 0 Å². The van der Waals surface area contributed by atoms with Crippen molar-refractivity contribution in [1.29, 1.82) is 0 Å². The quantitative estimate of drug-likeness (QED) is 0.139. The Labute approximate surface area is 357 Å². The van der Waals surface area contributed by atoms with Crippen LogP contribution >= 0.6 is 0 Å². The number of anilines is 3. The first-order chi connectivity index (χ1) is 30.2. The summed E-state index contributed by atoms with van der Waals surface area (Å²) >= 11 is 0. The van der Waals surface area contributed by atoms with Gasteiger partial charge < -0.3 is 4.90 Å². The van der Waals surface area contributed by atoms with Crippen LogP contribution in [-0.2, 0) is 0 Å². The summed E-state index contributed by atoms with van der Waals surface area (Å²) < 4.78 is 0. The third-order valence-corrected chi connectivity index (χ3v) is 12.1. The Morgan fingerprint density at radius 1 is 0.213 bits per heavy atom. The van der Waals surface area contributed by atoms with E-state index in [2.05, 4.69) is 254 Å². The van der Waals surface area contributed by atoms with Crippen LogP contribution in [-0.4, -0.2) is 0 Å². The van der Waals surface area contributed by atoms with Crippen molar-refractivity contribution in [3.8, 4) is 55.6 Å². The van der Waals surface area contributed by atoms with Gasteiger partial charge in [-0.05, 0) is 125 Å². The van der Waals surface area contributed by atoms with E-state index in [4.69, 9.17) is 0 Å². The van der Waals surface area contributed by atoms with Crippen molar-refractivity contribution in [2.45, 2.75) is 0 Å². The van der Waals surface area contributed by atoms with Gasteiger partial charge in [-0.15, -0.1) is 0 Å². The predicted octanol–water partition coefficient (Wildman–Crippen LogP) is 17.0. The molecule has 11 aromatic carbocycles. The van der Waals surface area contributed by atoms with E-state index in [1.54, 1.807) is 0 Å². The highest BCUT2D eigenvalue weighted by Gasteiger charge is 2.21. The van der Waals surface area contributed by atoms with Gasteiger partial charge in [0.15, 0.2) is 0 Å². The van der Waals surface area contributed by atoms with Crippen molar-refractivity contribution in [2.75, 3.05) is 4.90 Å². The minimum Gasteiger partial charge on any atom is -0.310 e. The number of fused-ring (bicyclic) bond motifs is 4. The fourth-order valence-corrected chi connectivity index (χ4v) is 9.05. The zero-order chi connectivity index (χ0) is 40.5. The maximum atomic E-state index is 2.43. The third-order valence-electron chi connectivity index (χ3n) is 12.1. The zero-order valence-electron chi connectivity index (χ0n) is 33.6. The van der Waals surface area contributed by atoms with Crippen molar-refractivity contribution in [3.05, 3.63) is 249 Å². The summed E-state index contributed by atoms with van der Waals surface area (Å²) in [4.78, 5) is 2.43. The minimum atomic E-state index is 1.08. The summed E-state index contributed by atoms with van der Waals surface area (Å²) in [5, 5.41) is 7.54. The molecule has 286 valence electrons. The Bertz CT molecular complexity index is 3360. The second kappa shape index (κ2) is 15.6. The van der Waals surface area contributed by atoms with E-state index in [0.29, 0.717) is 0 Å². The minimum absolute atomic E-state index is 1.08. The number of nitrogens with zero attached hydrogens (tertiary/aromatic N) is 1. The molecule has 0 N–H and O–H groups in total. The summed E-state index contributed by atoms with van der Waals surface area (Å²) in [5.74, 6) is 0. The molecule has 61 heavy (non-hydrogen) atoms. The van der Waals surface area contributed by atoms with Crippen LogP contribution < -0.4 is 4.90 Å². The first-order valence-corrected chi connectivity index (χ1v) is 21.0. The van der Waals surface area contributed by atoms with E-state index in [9.17, 15) is 0 Å². The van der Waals surface area contributed by atoms with Crippen LogP contribution in [0.2, 0.25) is 0 Å². The molecule has 0 saturated heterocycles. The number of rotatable bonds is 8. The topological polar surface area (TPSA) is 3.24 Å². The lowest BCUT2D eigenvalue weighted by molar-refractivity contribution is 1.28. The molecule has 0 aliphatic carbocycles. The van der Waals surface area contributed by atoms with Gasteiger partial charge in [0, 0.05) is 16.9 Å². The number of benzene rings is 11. The van der Waals surface area contributed by atoms with Gasteiger partial charge in [0.2, 0.25) is 0 Å². The lowest BCUT2D eigenvalue weighted by Gasteiger charge is -2.29. The average Bonchev–Trinajstić information content (AvgIpc) is 3.34. The van der Waals surface area contributed by atoms with Crippen molar-refractivity contribution in [2.24, 2.45) is 0 Å². The molecule has 0 bridgehead atoms. The SMILES string of the molecule is c1ccc(-c2ccccc2-c2ccccc2-c2ccccc2N(c2ccc(-c3ccc4c(ccc5ccccc54)c3)cc2)c2cccc(-c3ccc4ccccc4c3)c2)cc1. The number of para-hydroxylation sites is 1. The van der Waals surface area contributed by atoms with Gasteiger partial charge in [-0.1, -0.05) is 206 Å². The summed E-state index contributed by atoms with van der Waals surface area (Å²) in [5.41, 5.74) is 15.2. The largest absolute Gasteiger partial charge is 0.310 e. The first kappa shape index (κ1) is 36.1. The average molecular weight is 776 g/mol. The lowest BCUT2D eigenvalue weighted by atomic mass is 9.88. The Balaban J connectivity index is 1.06. The number of hydrogen-bond acceptors (Lipinski definition) is 1. The van der Waals surface area contributed by atoms with E-state index >= 15 is 0 Å². The molecule has 0 heterocycles. The van der Waals surface area contributed by atoms with Gasteiger partial charge in [0.1, 0.15) is 0 Å². The van der Waals surface area contributed by atoms with Crippen LogP contribution in [0.25, 0.3) is 88.0 Å². The zero-order valence-corrected chi connectivity index (χ0v) is 33.6. The van der Waals surface area contributed by atoms with Crippen molar-refractivity contribution in [1.82, 2.24) is 0 Å². The molecule has 0 aromatic heterocycles. The van der Waals surface area contributed by atoms with Crippen molar-refractivity contribution in [3.63, 3.8) is 0 Å². The maximum absolute atomic E-state index is 2.43. The van der Waals surface area contributed by atoms with E-state index < -0.39 is 0 Å². The van der Waals surface area contributed by atoms with E-state index in [1.165, 1.54) is 82.4 Å². The highest BCUT2D eigenvalue weighted by atomic mass is 15.1. The molecule has 1 nitrogen and oxygen atoms in total. The van der Waals surface area contributed by atoms with Crippen molar-refractivity contribution >= 4 is 49.4 Å². The molecular formula is C60H41N. The van der Waals surface area contributed by atoms with E-state index in [0.717, 1.165) is 22.6 Å². The van der Waals surface area contributed by atoms with Gasteiger partial charge in [-0.25, -0.2) is 0 Å². The van der Waals surface area contributed by atoms with Crippen LogP contribution in [0, 0.1) is 0 Å². The molecule has 0 saturated carbocycles. The molecule has 0 unspecified atom stereocenters. The van der Waals surface area contributed by atoms with Crippen LogP contribution in [0.15, 0.2) is 249 Å². The molecule has 0 amide bonds. The molecule has 11 rings (SSSR count). The Morgan fingerprint density at radius 2 is 0.705 bits per heavy atom. The smallest absolute Gasteiger partial charge is 0.0540 e. The lowest BCUT2D eigenvalue weighted by Crippen LogP contribution is -2.11. The molecule has 1 heteroatoms. The normalized spacial score (nSPS) is 11.3. The number of hydrogen-bond donors (Lipinski definition) is 0. The van der Waals surface area contributed by atoms with Crippen LogP contribution in [0.3, 0.4) is 0 Å². The van der Waals surface area contributed by atoms with Gasteiger partial charge in [0.05, 0.1) is 5.69 Å². The van der Waals surface area contributed by atoms with Gasteiger partial charge >= 0.3 is 0 Å². The molecule has 0 atom stereocenters. The molecule has 0 fully saturated rings.